The topological polar surface area (TPSA) is 76.2 Å². The first-order chi connectivity index (χ1) is 14.5. The molecule has 0 saturated heterocycles. The van der Waals surface area contributed by atoms with Gasteiger partial charge in [-0.3, -0.25) is 9.78 Å². The molecule has 0 amide bonds. The molecule has 5 nitrogen and oxygen atoms in total. The maximum Gasteiger partial charge on any atom is 0.155 e. The second-order valence-corrected chi connectivity index (χ2v) is 6.83. The number of allylic oxidation sites excluding steroid dienone is 2. The number of hydrogen-bond acceptors (Lipinski definition) is 5. The van der Waals surface area contributed by atoms with Crippen molar-refractivity contribution in [1.29, 1.82) is 0 Å². The Morgan fingerprint density at radius 2 is 1.81 bits per heavy atom. The van der Waals surface area contributed by atoms with Gasteiger partial charge in [-0.25, -0.2) is 4.98 Å². The van der Waals surface area contributed by atoms with Gasteiger partial charge in [-0.1, -0.05) is 30.3 Å². The van der Waals surface area contributed by atoms with E-state index in [4.69, 9.17) is 9.52 Å². The summed E-state index contributed by atoms with van der Waals surface area (Å²) in [4.78, 5) is 18.9. The van der Waals surface area contributed by atoms with Gasteiger partial charge in [0.05, 0.1) is 11.1 Å². The minimum absolute atomic E-state index is 0. The molecule has 5 rings (SSSR count). The van der Waals surface area contributed by atoms with E-state index in [0.717, 1.165) is 33.1 Å². The number of aromatic nitrogens is 2. The molecular weight excluding hydrogens is 569 g/mol. The first kappa shape index (κ1) is 22.3. The molecule has 0 saturated carbocycles. The van der Waals surface area contributed by atoms with Crippen LogP contribution in [0.2, 0.25) is 0 Å². The molecule has 6 heteroatoms. The second-order valence-electron chi connectivity index (χ2n) is 6.83. The number of furan rings is 1. The maximum atomic E-state index is 10.0. The predicted molar refractivity (Wildman–Crippen MR) is 118 cm³/mol. The molecule has 5 aromatic rings. The van der Waals surface area contributed by atoms with Gasteiger partial charge in [0.1, 0.15) is 23.0 Å². The van der Waals surface area contributed by atoms with Crippen molar-refractivity contribution in [1.82, 2.24) is 9.97 Å². The Morgan fingerprint density at radius 1 is 1.03 bits per heavy atom. The van der Waals surface area contributed by atoms with Crippen LogP contribution in [0.1, 0.15) is 13.8 Å². The van der Waals surface area contributed by atoms with Crippen molar-refractivity contribution in [3.05, 3.63) is 84.9 Å². The second kappa shape index (κ2) is 9.65. The first-order valence-corrected chi connectivity index (χ1v) is 9.44. The van der Waals surface area contributed by atoms with Gasteiger partial charge in [0, 0.05) is 31.9 Å². The number of aliphatic hydroxyl groups is 1. The third kappa shape index (κ3) is 4.71. The molecule has 0 spiro atoms. The number of carbonyl (C=O) groups is 1. The quantitative estimate of drug-likeness (QED) is 0.155. The van der Waals surface area contributed by atoms with Crippen LogP contribution in [-0.4, -0.2) is 20.9 Å². The summed E-state index contributed by atoms with van der Waals surface area (Å²) in [5, 5.41) is 11.7. The predicted octanol–water partition coefficient (Wildman–Crippen LogP) is 6.03. The number of nitrogens with zero attached hydrogens (tertiary/aromatic N) is 2. The van der Waals surface area contributed by atoms with Gasteiger partial charge >= 0.3 is 0 Å². The number of ketones is 1. The van der Waals surface area contributed by atoms with Crippen LogP contribution >= 0.6 is 0 Å². The molecular formula is C25H19IrN2O3-. The SMILES string of the molecule is CC(=O)/C=C(/C)O.[Ir].[c-]1ccccc1-c1ncnc2c1oc1ccc3ccccc3c12. The van der Waals surface area contributed by atoms with E-state index in [9.17, 15) is 4.79 Å². The number of fused-ring (bicyclic) bond motifs is 5. The molecule has 0 atom stereocenters. The molecule has 157 valence electrons. The van der Waals surface area contributed by atoms with E-state index >= 15 is 0 Å². The number of carbonyl (C=O) groups excluding carboxylic acids is 1. The summed E-state index contributed by atoms with van der Waals surface area (Å²) in [5.41, 5.74) is 4.07. The number of benzene rings is 3. The average molecular weight is 588 g/mol. The van der Waals surface area contributed by atoms with Gasteiger partial charge in [0.2, 0.25) is 0 Å². The summed E-state index contributed by atoms with van der Waals surface area (Å²) >= 11 is 0. The Bertz CT molecular complexity index is 1390. The van der Waals surface area contributed by atoms with Crippen LogP contribution in [0.25, 0.3) is 44.1 Å². The molecule has 2 heterocycles. The van der Waals surface area contributed by atoms with Gasteiger partial charge in [-0.2, -0.15) is 0 Å². The standard InChI is InChI=1S/C20H11N2O.C5H8O2.Ir/c1-2-7-14(8-3-1)18-20-19(22-12-21-18)17-15-9-5-4-6-13(15)10-11-16(17)23-20;1-4(6)3-5(2)7;/h1-7,9-12H;3,6H,1-2H3;/q-1;;/b;4-3-;. The van der Waals surface area contributed by atoms with Crippen LogP contribution in [0.3, 0.4) is 0 Å². The fourth-order valence-corrected chi connectivity index (χ4v) is 3.37. The monoisotopic (exact) mass is 588 g/mol. The Hall–Kier alpha value is -3.34. The van der Waals surface area contributed by atoms with Crippen molar-refractivity contribution in [3.63, 3.8) is 0 Å². The van der Waals surface area contributed by atoms with Crippen molar-refractivity contribution in [2.45, 2.75) is 13.8 Å². The van der Waals surface area contributed by atoms with E-state index in [2.05, 4.69) is 34.2 Å². The zero-order valence-corrected chi connectivity index (χ0v) is 19.3. The fraction of sp³-hybridized carbons (Fsp3) is 0.0800. The van der Waals surface area contributed by atoms with Crippen molar-refractivity contribution in [3.8, 4) is 11.3 Å². The van der Waals surface area contributed by atoms with E-state index in [0.29, 0.717) is 5.58 Å². The molecule has 0 unspecified atom stereocenters. The summed E-state index contributed by atoms with van der Waals surface area (Å²) in [6.45, 7) is 2.85. The molecule has 3 aromatic carbocycles. The molecule has 1 radical (unpaired) electrons. The summed E-state index contributed by atoms with van der Waals surface area (Å²) in [6, 6.07) is 23.3. The molecule has 0 bridgehead atoms. The Labute approximate surface area is 192 Å². The smallest absolute Gasteiger partial charge is 0.155 e. The summed E-state index contributed by atoms with van der Waals surface area (Å²) in [7, 11) is 0. The summed E-state index contributed by atoms with van der Waals surface area (Å²) < 4.78 is 6.10. The molecule has 1 N–H and O–H groups in total. The van der Waals surface area contributed by atoms with Crippen molar-refractivity contribution in [2.24, 2.45) is 0 Å². The van der Waals surface area contributed by atoms with E-state index in [1.54, 1.807) is 6.33 Å². The van der Waals surface area contributed by atoms with Gasteiger partial charge in [-0.15, -0.1) is 35.9 Å². The van der Waals surface area contributed by atoms with Crippen LogP contribution in [0.5, 0.6) is 0 Å². The third-order valence-corrected chi connectivity index (χ3v) is 4.52. The van der Waals surface area contributed by atoms with Crippen LogP contribution in [0.15, 0.2) is 83.2 Å². The van der Waals surface area contributed by atoms with Gasteiger partial charge in [-0.05, 0) is 30.7 Å². The largest absolute Gasteiger partial charge is 0.512 e. The molecule has 0 aliphatic carbocycles. The number of hydrogen-bond donors (Lipinski definition) is 1. The minimum Gasteiger partial charge on any atom is -0.512 e. The third-order valence-electron chi connectivity index (χ3n) is 4.52. The first-order valence-electron chi connectivity index (χ1n) is 9.44. The molecule has 31 heavy (non-hydrogen) atoms. The Kier molecular flexibility index (Phi) is 6.95. The molecule has 2 aromatic heterocycles. The van der Waals surface area contributed by atoms with Crippen LogP contribution in [0.4, 0.5) is 0 Å². The molecule has 0 aliphatic heterocycles. The maximum absolute atomic E-state index is 10.0. The van der Waals surface area contributed by atoms with Crippen molar-refractivity contribution < 1.29 is 34.4 Å². The molecule has 0 aliphatic rings. The van der Waals surface area contributed by atoms with E-state index < -0.39 is 0 Å². The van der Waals surface area contributed by atoms with E-state index in [1.807, 2.05) is 42.5 Å². The number of aliphatic hydroxyl groups excluding tert-OH is 1. The van der Waals surface area contributed by atoms with Crippen LogP contribution in [-0.2, 0) is 24.9 Å². The van der Waals surface area contributed by atoms with Gasteiger partial charge < -0.3 is 9.52 Å². The zero-order valence-electron chi connectivity index (χ0n) is 16.9. The molecule has 0 fully saturated rings. The van der Waals surface area contributed by atoms with Gasteiger partial charge in [0.25, 0.3) is 0 Å². The Balaban J connectivity index is 0.000000299. The normalized spacial score (nSPS) is 11.1. The fourth-order valence-electron chi connectivity index (χ4n) is 3.37. The average Bonchev–Trinajstić information content (AvgIpc) is 3.13. The number of rotatable bonds is 2. The van der Waals surface area contributed by atoms with E-state index in [-0.39, 0.29) is 31.6 Å². The minimum atomic E-state index is -0.125. The van der Waals surface area contributed by atoms with Crippen molar-refractivity contribution >= 4 is 38.6 Å². The van der Waals surface area contributed by atoms with E-state index in [1.165, 1.54) is 25.3 Å². The summed E-state index contributed by atoms with van der Waals surface area (Å²) in [6.07, 6.45) is 2.76. The van der Waals surface area contributed by atoms with Crippen LogP contribution < -0.4 is 0 Å². The van der Waals surface area contributed by atoms with Crippen molar-refractivity contribution in [2.75, 3.05) is 0 Å². The van der Waals surface area contributed by atoms with Crippen LogP contribution in [0, 0.1) is 6.07 Å². The Morgan fingerprint density at radius 3 is 2.48 bits per heavy atom. The zero-order chi connectivity index (χ0) is 21.1. The summed E-state index contributed by atoms with van der Waals surface area (Å²) in [5.74, 6) is -0.0625. The van der Waals surface area contributed by atoms with Gasteiger partial charge in [0.15, 0.2) is 5.78 Å².